The molecular formula is C15H25N5O8S. The van der Waals surface area contributed by atoms with Crippen LogP contribution in [0.25, 0.3) is 0 Å². The van der Waals surface area contributed by atoms with Gasteiger partial charge in [-0.3, -0.25) is 24.0 Å². The Kier molecular flexibility index (Phi) is 12.0. The summed E-state index contributed by atoms with van der Waals surface area (Å²) in [6, 6.07) is -3.73. The fourth-order valence-electron chi connectivity index (χ4n) is 1.96. The summed E-state index contributed by atoms with van der Waals surface area (Å²) >= 11 is 3.91. The van der Waals surface area contributed by atoms with E-state index in [1.54, 1.807) is 0 Å². The number of primary amides is 1. The van der Waals surface area contributed by atoms with Crippen LogP contribution >= 0.6 is 12.6 Å². The monoisotopic (exact) mass is 435 g/mol. The fraction of sp³-hybridized carbons (Fsp3) is 0.600. The van der Waals surface area contributed by atoms with Crippen molar-refractivity contribution in [2.45, 2.75) is 43.8 Å². The molecule has 0 radical (unpaired) electrons. The number of hydrogen-bond donors (Lipinski definition) is 8. The molecule has 0 aliphatic carbocycles. The van der Waals surface area contributed by atoms with Crippen molar-refractivity contribution in [2.24, 2.45) is 11.5 Å². The first kappa shape index (κ1) is 26.1. The molecule has 14 heteroatoms. The molecule has 9 N–H and O–H groups in total. The molecule has 0 aromatic rings. The molecule has 0 aromatic heterocycles. The van der Waals surface area contributed by atoms with Crippen LogP contribution in [0.4, 0.5) is 0 Å². The van der Waals surface area contributed by atoms with Gasteiger partial charge in [0.1, 0.15) is 12.1 Å². The minimum absolute atomic E-state index is 0.00260. The van der Waals surface area contributed by atoms with Crippen LogP contribution in [0.15, 0.2) is 0 Å². The van der Waals surface area contributed by atoms with Crippen molar-refractivity contribution in [3.05, 3.63) is 0 Å². The van der Waals surface area contributed by atoms with Crippen LogP contribution in [-0.2, 0) is 28.8 Å². The van der Waals surface area contributed by atoms with Crippen LogP contribution in [0.2, 0.25) is 0 Å². The van der Waals surface area contributed by atoms with E-state index in [0.29, 0.717) is 0 Å². The van der Waals surface area contributed by atoms with E-state index in [-0.39, 0.29) is 25.0 Å². The van der Waals surface area contributed by atoms with Gasteiger partial charge in [0.2, 0.25) is 23.6 Å². The molecule has 4 amide bonds. The highest BCUT2D eigenvalue weighted by Gasteiger charge is 2.26. The van der Waals surface area contributed by atoms with Gasteiger partial charge in [0.25, 0.3) is 0 Å². The third-order valence-corrected chi connectivity index (χ3v) is 3.92. The standard InChI is InChI=1S/C15H25N5O8S/c16-7(1-3-10(17)21)13(25)18-5-11(22)19-9(6-29)14(26)20-8(15(27)28)2-4-12(23)24/h7-9,29H,1-6,16H2,(H2,17,21)(H,18,25)(H,19,22)(H,20,26)(H,23,24)(H,27,28). The lowest BCUT2D eigenvalue weighted by atomic mass is 10.1. The normalized spacial score (nSPS) is 13.4. The minimum Gasteiger partial charge on any atom is -0.481 e. The number of nitrogens with one attached hydrogen (secondary N) is 3. The zero-order chi connectivity index (χ0) is 22.6. The lowest BCUT2D eigenvalue weighted by Gasteiger charge is -2.20. The summed E-state index contributed by atoms with van der Waals surface area (Å²) in [5.41, 5.74) is 10.5. The summed E-state index contributed by atoms with van der Waals surface area (Å²) in [5, 5.41) is 24.3. The molecule has 0 saturated carbocycles. The van der Waals surface area contributed by atoms with Gasteiger partial charge in [0, 0.05) is 18.6 Å². The molecule has 29 heavy (non-hydrogen) atoms. The maximum atomic E-state index is 12.1. The second kappa shape index (κ2) is 13.3. The summed E-state index contributed by atoms with van der Waals surface area (Å²) in [7, 11) is 0. The number of carboxylic acid groups (broad SMARTS) is 2. The van der Waals surface area contributed by atoms with Crippen molar-refractivity contribution in [3.63, 3.8) is 0 Å². The van der Waals surface area contributed by atoms with E-state index < -0.39 is 66.7 Å². The van der Waals surface area contributed by atoms with Gasteiger partial charge in [-0.2, -0.15) is 12.6 Å². The Morgan fingerprint density at radius 1 is 0.897 bits per heavy atom. The molecular weight excluding hydrogens is 410 g/mol. The van der Waals surface area contributed by atoms with Crippen LogP contribution < -0.4 is 27.4 Å². The fourth-order valence-corrected chi connectivity index (χ4v) is 2.22. The Bertz CT molecular complexity index is 644. The zero-order valence-corrected chi connectivity index (χ0v) is 16.3. The number of hydrogen-bond acceptors (Lipinski definition) is 8. The highest BCUT2D eigenvalue weighted by Crippen LogP contribution is 2.00. The van der Waals surface area contributed by atoms with Gasteiger partial charge in [-0.05, 0) is 12.8 Å². The van der Waals surface area contributed by atoms with Crippen molar-refractivity contribution in [3.8, 4) is 0 Å². The largest absolute Gasteiger partial charge is 0.481 e. The predicted octanol–water partition coefficient (Wildman–Crippen LogP) is -3.46. The maximum absolute atomic E-state index is 12.1. The molecule has 3 unspecified atom stereocenters. The first-order valence-electron chi connectivity index (χ1n) is 8.44. The van der Waals surface area contributed by atoms with Crippen LogP contribution in [0.3, 0.4) is 0 Å². The quantitative estimate of drug-likeness (QED) is 0.127. The van der Waals surface area contributed by atoms with Crippen LogP contribution in [-0.4, -0.2) is 76.2 Å². The van der Waals surface area contributed by atoms with Crippen molar-refractivity contribution in [1.29, 1.82) is 0 Å². The maximum Gasteiger partial charge on any atom is 0.326 e. The topological polar surface area (TPSA) is 231 Å². The third-order valence-electron chi connectivity index (χ3n) is 3.56. The Balaban J connectivity index is 4.59. The molecule has 0 fully saturated rings. The van der Waals surface area contributed by atoms with Gasteiger partial charge >= 0.3 is 11.9 Å². The summed E-state index contributed by atoms with van der Waals surface area (Å²) in [5.74, 6) is -5.82. The molecule has 0 spiro atoms. The van der Waals surface area contributed by atoms with Crippen molar-refractivity contribution in [2.75, 3.05) is 12.3 Å². The molecule has 0 heterocycles. The molecule has 0 aliphatic heterocycles. The van der Waals surface area contributed by atoms with E-state index >= 15 is 0 Å². The van der Waals surface area contributed by atoms with Gasteiger partial charge in [-0.25, -0.2) is 4.79 Å². The molecule has 164 valence electrons. The second-order valence-electron chi connectivity index (χ2n) is 5.96. The number of carbonyl (C=O) groups is 6. The number of amides is 4. The minimum atomic E-state index is -1.46. The van der Waals surface area contributed by atoms with Crippen LogP contribution in [0.5, 0.6) is 0 Å². The third kappa shape index (κ3) is 11.5. The Morgan fingerprint density at radius 2 is 1.52 bits per heavy atom. The highest BCUT2D eigenvalue weighted by atomic mass is 32.1. The van der Waals surface area contributed by atoms with Crippen molar-refractivity contribution < 1.29 is 39.0 Å². The zero-order valence-electron chi connectivity index (χ0n) is 15.4. The van der Waals surface area contributed by atoms with Crippen molar-refractivity contribution >= 4 is 48.2 Å². The van der Waals surface area contributed by atoms with Gasteiger partial charge < -0.3 is 37.6 Å². The first-order valence-corrected chi connectivity index (χ1v) is 9.07. The van der Waals surface area contributed by atoms with E-state index in [1.165, 1.54) is 0 Å². The average Bonchev–Trinajstić information content (AvgIpc) is 2.64. The second-order valence-corrected chi connectivity index (χ2v) is 6.33. The SMILES string of the molecule is NC(=O)CCC(N)C(=O)NCC(=O)NC(CS)C(=O)NC(CCC(=O)O)C(=O)O. The van der Waals surface area contributed by atoms with Crippen LogP contribution in [0.1, 0.15) is 25.7 Å². The summed E-state index contributed by atoms with van der Waals surface area (Å²) < 4.78 is 0. The Labute approximate surface area is 171 Å². The molecule has 3 atom stereocenters. The number of aliphatic carboxylic acids is 2. The number of thiol groups is 1. The molecule has 0 aliphatic rings. The number of rotatable bonds is 14. The number of carboxylic acids is 2. The lowest BCUT2D eigenvalue weighted by Crippen LogP contribution is -2.54. The summed E-state index contributed by atoms with van der Waals surface area (Å²) in [4.78, 5) is 68.1. The molecule has 0 aromatic carbocycles. The molecule has 0 bridgehead atoms. The van der Waals surface area contributed by atoms with E-state index in [0.717, 1.165) is 0 Å². The Hall–Kier alpha value is -2.87. The molecule has 13 nitrogen and oxygen atoms in total. The lowest BCUT2D eigenvalue weighted by molar-refractivity contribution is -0.143. The highest BCUT2D eigenvalue weighted by molar-refractivity contribution is 7.80. The van der Waals surface area contributed by atoms with Gasteiger partial charge in [0.15, 0.2) is 0 Å². The molecule has 0 rings (SSSR count). The first-order chi connectivity index (χ1) is 13.5. The van der Waals surface area contributed by atoms with Gasteiger partial charge in [-0.15, -0.1) is 0 Å². The van der Waals surface area contributed by atoms with E-state index in [9.17, 15) is 28.8 Å². The van der Waals surface area contributed by atoms with Gasteiger partial charge in [-0.1, -0.05) is 0 Å². The van der Waals surface area contributed by atoms with E-state index in [4.69, 9.17) is 21.7 Å². The van der Waals surface area contributed by atoms with Crippen molar-refractivity contribution in [1.82, 2.24) is 16.0 Å². The summed E-state index contributed by atoms with van der Waals surface area (Å²) in [6.45, 7) is -0.526. The Morgan fingerprint density at radius 3 is 2.00 bits per heavy atom. The number of nitrogens with two attached hydrogens (primary N) is 2. The average molecular weight is 435 g/mol. The summed E-state index contributed by atoms with van der Waals surface area (Å²) in [6.07, 6.45) is -0.924. The number of carbonyl (C=O) groups excluding carboxylic acids is 4. The molecule has 0 saturated heterocycles. The smallest absolute Gasteiger partial charge is 0.326 e. The van der Waals surface area contributed by atoms with Gasteiger partial charge in [0.05, 0.1) is 12.6 Å². The van der Waals surface area contributed by atoms with E-state index in [2.05, 4.69) is 28.6 Å². The predicted molar refractivity (Wildman–Crippen MR) is 102 cm³/mol. The van der Waals surface area contributed by atoms with E-state index in [1.807, 2.05) is 0 Å². The van der Waals surface area contributed by atoms with Crippen LogP contribution in [0, 0.1) is 0 Å².